The van der Waals surface area contributed by atoms with Gasteiger partial charge in [-0.05, 0) is 0 Å². The van der Waals surface area contributed by atoms with E-state index in [2.05, 4.69) is 23.9 Å². The van der Waals surface area contributed by atoms with Gasteiger partial charge in [-0.25, -0.2) is 0 Å². The van der Waals surface area contributed by atoms with E-state index in [1.54, 1.807) is 0 Å². The molecule has 0 aliphatic carbocycles. The van der Waals surface area contributed by atoms with E-state index in [-0.39, 0.29) is 0 Å². The Morgan fingerprint density at radius 3 is 2.60 bits per heavy atom. The van der Waals surface area contributed by atoms with Gasteiger partial charge in [0.15, 0.2) is 0 Å². The van der Waals surface area contributed by atoms with Gasteiger partial charge < -0.3 is 0 Å². The van der Waals surface area contributed by atoms with Crippen LogP contribution in [0.4, 0.5) is 0 Å². The van der Waals surface area contributed by atoms with Crippen LogP contribution in [0.25, 0.3) is 0 Å². The third-order valence-corrected chi connectivity index (χ3v) is 3.88. The molecule has 1 atom stereocenters. The van der Waals surface area contributed by atoms with Crippen LogP contribution < -0.4 is 21.6 Å². The first-order valence-corrected chi connectivity index (χ1v) is 5.61. The fraction of sp³-hybridized carbons (Fsp3) is 1.00. The van der Waals surface area contributed by atoms with Crippen LogP contribution in [0.5, 0.6) is 0 Å². The van der Waals surface area contributed by atoms with Gasteiger partial charge in [0.2, 0.25) is 0 Å². The number of halogens is 1. The van der Waals surface area contributed by atoms with Gasteiger partial charge in [-0.2, -0.15) is 0 Å². The van der Waals surface area contributed by atoms with E-state index >= 15 is 0 Å². The van der Waals surface area contributed by atoms with Crippen molar-refractivity contribution >= 4 is 0 Å². The fourth-order valence-corrected chi connectivity index (χ4v) is 2.61. The van der Waals surface area contributed by atoms with Gasteiger partial charge in [0.25, 0.3) is 0 Å². The quantitative estimate of drug-likeness (QED) is 0.296. The normalized spacial score (nSPS) is 31.3. The van der Waals surface area contributed by atoms with Crippen molar-refractivity contribution in [1.82, 2.24) is 9.80 Å². The third kappa shape index (κ3) is 2.05. The molecule has 0 amide bonds. The minimum atomic E-state index is -0.597. The van der Waals surface area contributed by atoms with E-state index in [0.717, 1.165) is 19.6 Å². The first kappa shape index (κ1) is 8.70. The molecule has 1 aliphatic heterocycles. The monoisotopic (exact) mass is 257 g/mol. The molecule has 0 saturated carbocycles. The summed E-state index contributed by atoms with van der Waals surface area (Å²) in [5.41, 5.74) is 0. The second-order valence-electron chi connectivity index (χ2n) is 2.77. The number of piperazine rings is 1. The summed E-state index contributed by atoms with van der Waals surface area (Å²) in [5, 5.41) is 0. The molecule has 3 nitrogen and oxygen atoms in total. The summed E-state index contributed by atoms with van der Waals surface area (Å²) in [5.74, 6) is 0. The van der Waals surface area contributed by atoms with E-state index in [4.69, 9.17) is 3.44 Å². The SMILES string of the molecule is CN1CCN(C)[C@H]([I-]O)C1. The molecule has 1 heterocycles. The second kappa shape index (κ2) is 3.85. The molecule has 10 heavy (non-hydrogen) atoms. The van der Waals surface area contributed by atoms with E-state index in [1.165, 1.54) is 0 Å². The molecule has 1 N–H and O–H groups in total. The molecule has 0 aromatic rings. The van der Waals surface area contributed by atoms with Crippen molar-refractivity contribution in [2.24, 2.45) is 0 Å². The van der Waals surface area contributed by atoms with Crippen LogP contribution in [0.1, 0.15) is 0 Å². The average Bonchev–Trinajstić information content (AvgIpc) is 1.94. The Hall–Kier alpha value is 0.610. The number of likely N-dealkylation sites (N-methyl/N-ethyl adjacent to an activating group) is 2. The van der Waals surface area contributed by atoms with E-state index < -0.39 is 21.6 Å². The van der Waals surface area contributed by atoms with Crippen LogP contribution in [0.3, 0.4) is 0 Å². The molecule has 1 saturated heterocycles. The van der Waals surface area contributed by atoms with Gasteiger partial charge >= 0.3 is 72.6 Å². The van der Waals surface area contributed by atoms with Crippen LogP contribution >= 0.6 is 0 Å². The predicted molar refractivity (Wildman–Crippen MR) is 36.1 cm³/mol. The first-order valence-electron chi connectivity index (χ1n) is 3.40. The van der Waals surface area contributed by atoms with Crippen molar-refractivity contribution in [3.05, 3.63) is 0 Å². The Kier molecular flexibility index (Phi) is 3.35. The number of hydrogen-bond acceptors (Lipinski definition) is 3. The summed E-state index contributed by atoms with van der Waals surface area (Å²) in [6, 6.07) is 0. The molecular weight excluding hydrogens is 243 g/mol. The molecule has 1 aliphatic rings. The molecule has 0 unspecified atom stereocenters. The number of alkyl halides is 1. The fourth-order valence-electron chi connectivity index (χ4n) is 1.06. The molecule has 4 heteroatoms. The molecule has 0 bridgehead atoms. The Bertz CT molecular complexity index is 112. The van der Waals surface area contributed by atoms with Crippen molar-refractivity contribution in [2.75, 3.05) is 33.7 Å². The van der Waals surface area contributed by atoms with Gasteiger partial charge in [-0.15, -0.1) is 0 Å². The molecule has 0 spiro atoms. The molecule has 0 radical (unpaired) electrons. The van der Waals surface area contributed by atoms with Crippen LogP contribution in [0, 0.1) is 0 Å². The van der Waals surface area contributed by atoms with Gasteiger partial charge in [-0.1, -0.05) is 0 Å². The van der Waals surface area contributed by atoms with Gasteiger partial charge in [0.05, 0.1) is 0 Å². The molecule has 1 rings (SSSR count). The number of rotatable bonds is 1. The van der Waals surface area contributed by atoms with E-state index in [9.17, 15) is 0 Å². The standard InChI is InChI=1S/C6H14IN2O/c1-8-3-4-9(2)6(5-8)7-10/h6,10H,3-5H2,1-2H3/q-1/t6-/m0/s1. The minimum absolute atomic E-state index is 0.456. The second-order valence-corrected chi connectivity index (χ2v) is 4.77. The van der Waals surface area contributed by atoms with Gasteiger partial charge in [-0.3, -0.25) is 0 Å². The maximum absolute atomic E-state index is 9.02. The summed E-state index contributed by atoms with van der Waals surface area (Å²) < 4.78 is 9.48. The summed E-state index contributed by atoms with van der Waals surface area (Å²) in [4.78, 5) is 4.54. The molecule has 1 fully saturated rings. The topological polar surface area (TPSA) is 26.7 Å². The summed E-state index contributed by atoms with van der Waals surface area (Å²) >= 11 is -0.597. The Morgan fingerprint density at radius 2 is 2.10 bits per heavy atom. The Labute approximate surface area is 72.8 Å². The van der Waals surface area contributed by atoms with Crippen molar-refractivity contribution < 1.29 is 25.1 Å². The summed E-state index contributed by atoms with van der Waals surface area (Å²) in [6.07, 6.45) is 0. The number of nitrogens with zero attached hydrogens (tertiary/aromatic N) is 2. The van der Waals surface area contributed by atoms with Crippen LogP contribution in [0.2, 0.25) is 0 Å². The predicted octanol–water partition coefficient (Wildman–Crippen LogP) is -3.81. The van der Waals surface area contributed by atoms with E-state index in [1.807, 2.05) is 0 Å². The van der Waals surface area contributed by atoms with Crippen molar-refractivity contribution in [3.63, 3.8) is 0 Å². The molecule has 0 aromatic carbocycles. The molecular formula is C6H14IN2O-. The van der Waals surface area contributed by atoms with Gasteiger partial charge in [0, 0.05) is 0 Å². The van der Waals surface area contributed by atoms with Crippen LogP contribution in [-0.2, 0) is 0 Å². The molecule has 0 aromatic heterocycles. The van der Waals surface area contributed by atoms with Crippen LogP contribution in [-0.4, -0.2) is 51.0 Å². The number of hydrogen-bond donors (Lipinski definition) is 1. The zero-order valence-electron chi connectivity index (χ0n) is 6.42. The van der Waals surface area contributed by atoms with Crippen molar-refractivity contribution in [2.45, 2.75) is 4.05 Å². The van der Waals surface area contributed by atoms with E-state index in [0.29, 0.717) is 4.05 Å². The van der Waals surface area contributed by atoms with Crippen LogP contribution in [0.15, 0.2) is 0 Å². The Morgan fingerprint density at radius 1 is 1.40 bits per heavy atom. The zero-order chi connectivity index (χ0) is 7.56. The summed E-state index contributed by atoms with van der Waals surface area (Å²) in [6.45, 7) is 3.28. The van der Waals surface area contributed by atoms with Gasteiger partial charge in [0.1, 0.15) is 0 Å². The summed E-state index contributed by atoms with van der Waals surface area (Å²) in [7, 11) is 4.20. The maximum atomic E-state index is 9.02. The zero-order valence-corrected chi connectivity index (χ0v) is 8.58. The molecule has 62 valence electrons. The average molecular weight is 257 g/mol. The Balaban J connectivity index is 2.38. The van der Waals surface area contributed by atoms with Crippen molar-refractivity contribution in [1.29, 1.82) is 0 Å². The third-order valence-electron chi connectivity index (χ3n) is 1.89. The van der Waals surface area contributed by atoms with Crippen molar-refractivity contribution in [3.8, 4) is 0 Å². The first-order chi connectivity index (χ1) is 4.74.